The fraction of sp³-hybridized carbons (Fsp3) is 0.667. The number of carbonyl (C=O) groups excluding carboxylic acids is 1. The number of piperazine rings is 2. The van der Waals surface area contributed by atoms with Gasteiger partial charge < -0.3 is 9.64 Å². The van der Waals surface area contributed by atoms with E-state index in [1.165, 1.54) is 5.56 Å². The van der Waals surface area contributed by atoms with Crippen molar-refractivity contribution < 1.29 is 9.53 Å². The minimum absolute atomic E-state index is 0.289. The van der Waals surface area contributed by atoms with Gasteiger partial charge in [0.2, 0.25) is 5.91 Å². The average Bonchev–Trinajstić information content (AvgIpc) is 2.69. The second-order valence-corrected chi connectivity index (χ2v) is 7.91. The lowest BCUT2D eigenvalue weighted by atomic mass is 10.2. The van der Waals surface area contributed by atoms with Crippen LogP contribution >= 0.6 is 0 Å². The molecule has 6 nitrogen and oxygen atoms in total. The predicted octanol–water partition coefficient (Wildman–Crippen LogP) is 1.37. The van der Waals surface area contributed by atoms with Crippen molar-refractivity contribution in [3.63, 3.8) is 0 Å². The number of benzene rings is 1. The van der Waals surface area contributed by atoms with Crippen LogP contribution in [-0.2, 0) is 11.3 Å². The van der Waals surface area contributed by atoms with Crippen molar-refractivity contribution in [1.82, 2.24) is 19.6 Å². The molecule has 6 heteroatoms. The maximum absolute atomic E-state index is 12.7. The second kappa shape index (κ2) is 9.53. The highest BCUT2D eigenvalue weighted by Gasteiger charge is 2.25. The third kappa shape index (κ3) is 5.67. The maximum Gasteiger partial charge on any atom is 0.236 e. The molecule has 0 aliphatic carbocycles. The Balaban J connectivity index is 1.39. The Labute approximate surface area is 163 Å². The molecule has 2 heterocycles. The quantitative estimate of drug-likeness (QED) is 0.752. The molecule has 0 spiro atoms. The fourth-order valence-corrected chi connectivity index (χ4v) is 3.87. The van der Waals surface area contributed by atoms with Crippen LogP contribution in [0.4, 0.5) is 0 Å². The third-order valence-corrected chi connectivity index (χ3v) is 5.79. The second-order valence-electron chi connectivity index (χ2n) is 7.91. The summed E-state index contributed by atoms with van der Waals surface area (Å²) in [6, 6.07) is 8.85. The highest BCUT2D eigenvalue weighted by atomic mass is 16.5. The summed E-state index contributed by atoms with van der Waals surface area (Å²) in [5, 5.41) is 0. The zero-order valence-corrected chi connectivity index (χ0v) is 17.1. The highest BCUT2D eigenvalue weighted by Crippen LogP contribution is 2.14. The summed E-state index contributed by atoms with van der Waals surface area (Å²) in [5.74, 6) is 1.18. The minimum Gasteiger partial charge on any atom is -0.497 e. The minimum atomic E-state index is 0.289. The predicted molar refractivity (Wildman–Crippen MR) is 108 cm³/mol. The molecule has 0 N–H and O–H groups in total. The molecule has 150 valence electrons. The van der Waals surface area contributed by atoms with Gasteiger partial charge in [0.25, 0.3) is 0 Å². The molecule has 27 heavy (non-hydrogen) atoms. The zero-order chi connectivity index (χ0) is 19.2. The first kappa shape index (κ1) is 20.1. The van der Waals surface area contributed by atoms with Gasteiger partial charge in [-0.25, -0.2) is 0 Å². The van der Waals surface area contributed by atoms with E-state index in [2.05, 4.69) is 40.7 Å². The molecule has 0 aromatic heterocycles. The number of amides is 1. The van der Waals surface area contributed by atoms with Crippen molar-refractivity contribution in [2.24, 2.45) is 0 Å². The lowest BCUT2D eigenvalue weighted by Crippen LogP contribution is -2.54. The Bertz CT molecular complexity index is 589. The molecule has 1 aromatic rings. The topological polar surface area (TPSA) is 39.3 Å². The van der Waals surface area contributed by atoms with E-state index >= 15 is 0 Å². The Hall–Kier alpha value is -1.63. The van der Waals surface area contributed by atoms with Crippen LogP contribution in [0.15, 0.2) is 24.3 Å². The summed E-state index contributed by atoms with van der Waals surface area (Å²) in [6.45, 7) is 13.7. The van der Waals surface area contributed by atoms with Crippen LogP contribution in [-0.4, -0.2) is 97.6 Å². The molecule has 0 unspecified atom stereocenters. The van der Waals surface area contributed by atoms with Gasteiger partial charge in [-0.15, -0.1) is 0 Å². The Kier molecular flexibility index (Phi) is 7.10. The molecule has 0 radical (unpaired) electrons. The molecule has 0 atom stereocenters. The molecular weight excluding hydrogens is 340 g/mol. The number of nitrogens with zero attached hydrogens (tertiary/aromatic N) is 4. The first-order chi connectivity index (χ1) is 13.0. The van der Waals surface area contributed by atoms with Crippen LogP contribution in [0.25, 0.3) is 0 Å². The SMILES string of the molecule is COc1ccc(CN2CCN(C(=O)CN3CCN(C(C)C)CC3)CC2)cc1. The normalized spacial score (nSPS) is 20.2. The van der Waals surface area contributed by atoms with E-state index in [1.807, 2.05) is 17.0 Å². The van der Waals surface area contributed by atoms with Gasteiger partial charge >= 0.3 is 0 Å². The Morgan fingerprint density at radius 2 is 1.52 bits per heavy atom. The largest absolute Gasteiger partial charge is 0.497 e. The van der Waals surface area contributed by atoms with Crippen LogP contribution in [0.5, 0.6) is 5.75 Å². The van der Waals surface area contributed by atoms with Gasteiger partial charge in [0, 0.05) is 64.9 Å². The molecule has 2 saturated heterocycles. The zero-order valence-electron chi connectivity index (χ0n) is 17.1. The summed E-state index contributed by atoms with van der Waals surface area (Å²) in [4.78, 5) is 21.9. The Morgan fingerprint density at radius 1 is 0.926 bits per heavy atom. The molecule has 3 rings (SSSR count). The van der Waals surface area contributed by atoms with Crippen LogP contribution in [0, 0.1) is 0 Å². The van der Waals surface area contributed by atoms with Crippen LogP contribution < -0.4 is 4.74 Å². The number of hydrogen-bond donors (Lipinski definition) is 0. The molecule has 1 amide bonds. The lowest BCUT2D eigenvalue weighted by Gasteiger charge is -2.39. The molecule has 2 fully saturated rings. The first-order valence-corrected chi connectivity index (χ1v) is 10.1. The first-order valence-electron chi connectivity index (χ1n) is 10.1. The summed E-state index contributed by atoms with van der Waals surface area (Å²) in [6.07, 6.45) is 0. The standard InChI is InChI=1S/C21H34N4O2/c1-18(2)24-12-8-23(9-13-24)17-21(26)25-14-10-22(11-15-25)16-19-4-6-20(27-3)7-5-19/h4-7,18H,8-17H2,1-3H3. The number of hydrogen-bond acceptors (Lipinski definition) is 5. The Morgan fingerprint density at radius 3 is 2.07 bits per heavy atom. The van der Waals surface area contributed by atoms with E-state index in [9.17, 15) is 4.79 Å². The van der Waals surface area contributed by atoms with Crippen molar-refractivity contribution in [2.45, 2.75) is 26.4 Å². The van der Waals surface area contributed by atoms with Crippen LogP contribution in [0.3, 0.4) is 0 Å². The number of methoxy groups -OCH3 is 1. The van der Waals surface area contributed by atoms with Gasteiger partial charge in [-0.1, -0.05) is 12.1 Å². The van der Waals surface area contributed by atoms with E-state index in [4.69, 9.17) is 4.74 Å². The lowest BCUT2D eigenvalue weighted by molar-refractivity contribution is -0.134. The van der Waals surface area contributed by atoms with E-state index < -0.39 is 0 Å². The monoisotopic (exact) mass is 374 g/mol. The van der Waals surface area contributed by atoms with E-state index in [1.54, 1.807) is 7.11 Å². The molecule has 2 aliphatic heterocycles. The smallest absolute Gasteiger partial charge is 0.236 e. The van der Waals surface area contributed by atoms with Crippen molar-refractivity contribution in [2.75, 3.05) is 66.0 Å². The van der Waals surface area contributed by atoms with Gasteiger partial charge in [0.1, 0.15) is 5.75 Å². The summed E-state index contributed by atoms with van der Waals surface area (Å²) in [7, 11) is 1.69. The molecule has 1 aromatic carbocycles. The van der Waals surface area contributed by atoms with Gasteiger partial charge in [-0.05, 0) is 31.5 Å². The number of rotatable bonds is 6. The third-order valence-electron chi connectivity index (χ3n) is 5.79. The maximum atomic E-state index is 12.7. The number of ether oxygens (including phenoxy) is 1. The summed E-state index contributed by atoms with van der Waals surface area (Å²) in [5.41, 5.74) is 1.29. The molecular formula is C21H34N4O2. The molecule has 0 saturated carbocycles. The summed E-state index contributed by atoms with van der Waals surface area (Å²) < 4.78 is 5.21. The summed E-state index contributed by atoms with van der Waals surface area (Å²) >= 11 is 0. The van der Waals surface area contributed by atoms with Crippen LogP contribution in [0.1, 0.15) is 19.4 Å². The van der Waals surface area contributed by atoms with Gasteiger partial charge in [-0.3, -0.25) is 19.5 Å². The van der Waals surface area contributed by atoms with Gasteiger partial charge in [0.05, 0.1) is 13.7 Å². The van der Waals surface area contributed by atoms with Gasteiger partial charge in [0.15, 0.2) is 0 Å². The average molecular weight is 375 g/mol. The van der Waals surface area contributed by atoms with Crippen molar-refractivity contribution >= 4 is 5.91 Å². The van der Waals surface area contributed by atoms with Crippen molar-refractivity contribution in [3.8, 4) is 5.75 Å². The van der Waals surface area contributed by atoms with E-state index in [-0.39, 0.29) is 5.91 Å². The number of carbonyl (C=O) groups is 1. The van der Waals surface area contributed by atoms with Crippen LogP contribution in [0.2, 0.25) is 0 Å². The van der Waals surface area contributed by atoms with E-state index in [0.717, 1.165) is 64.7 Å². The highest BCUT2D eigenvalue weighted by molar-refractivity contribution is 5.78. The molecule has 0 bridgehead atoms. The van der Waals surface area contributed by atoms with Crippen molar-refractivity contribution in [1.29, 1.82) is 0 Å². The molecule has 2 aliphatic rings. The fourth-order valence-electron chi connectivity index (χ4n) is 3.87. The van der Waals surface area contributed by atoms with Crippen molar-refractivity contribution in [3.05, 3.63) is 29.8 Å². The van der Waals surface area contributed by atoms with Gasteiger partial charge in [-0.2, -0.15) is 0 Å². The van der Waals surface area contributed by atoms with E-state index in [0.29, 0.717) is 12.6 Å².